The van der Waals surface area contributed by atoms with Crippen LogP contribution < -0.4 is 5.32 Å². The van der Waals surface area contributed by atoms with Gasteiger partial charge < -0.3 is 15.3 Å². The molecule has 0 atom stereocenters. The van der Waals surface area contributed by atoms with Crippen LogP contribution in [0.2, 0.25) is 0 Å². The fraction of sp³-hybridized carbons (Fsp3) is 0.238. The minimum Gasteiger partial charge on any atom is -0.507 e. The lowest BCUT2D eigenvalue weighted by Crippen LogP contribution is -2.34. The summed E-state index contributed by atoms with van der Waals surface area (Å²) in [6, 6.07) is 18.9. The Bertz CT molecular complexity index is 877. The van der Waals surface area contributed by atoms with Crippen molar-refractivity contribution < 1.29 is 9.90 Å². The van der Waals surface area contributed by atoms with E-state index in [0.717, 1.165) is 19.5 Å². The Kier molecular flexibility index (Phi) is 6.22. The van der Waals surface area contributed by atoms with Gasteiger partial charge in [0.2, 0.25) is 0 Å². The molecule has 0 spiro atoms. The van der Waals surface area contributed by atoms with Gasteiger partial charge >= 0.3 is 0 Å². The van der Waals surface area contributed by atoms with Crippen molar-refractivity contribution in [1.82, 2.24) is 20.4 Å². The molecule has 0 aliphatic rings. The highest BCUT2D eigenvalue weighted by atomic mass is 16.3. The zero-order valence-electron chi connectivity index (χ0n) is 15.4. The minimum atomic E-state index is -0.208. The summed E-state index contributed by atoms with van der Waals surface area (Å²) >= 11 is 0. The first-order valence-electron chi connectivity index (χ1n) is 8.98. The molecular weight excluding hydrogens is 340 g/mol. The van der Waals surface area contributed by atoms with Crippen molar-refractivity contribution in [2.45, 2.75) is 6.42 Å². The Labute approximate surface area is 158 Å². The third-order valence-corrected chi connectivity index (χ3v) is 4.41. The number of amides is 1. The normalized spacial score (nSPS) is 10.9. The number of nitrogens with one attached hydrogen (secondary N) is 2. The van der Waals surface area contributed by atoms with Gasteiger partial charge in [-0.1, -0.05) is 42.5 Å². The van der Waals surface area contributed by atoms with Gasteiger partial charge in [-0.2, -0.15) is 5.10 Å². The van der Waals surface area contributed by atoms with Crippen LogP contribution in [0.4, 0.5) is 0 Å². The fourth-order valence-corrected chi connectivity index (χ4v) is 2.80. The molecule has 1 amide bonds. The van der Waals surface area contributed by atoms with Gasteiger partial charge in [0.25, 0.3) is 5.91 Å². The third kappa shape index (κ3) is 5.18. The first kappa shape index (κ1) is 18.7. The summed E-state index contributed by atoms with van der Waals surface area (Å²) in [6.45, 7) is 2.25. The highest BCUT2D eigenvalue weighted by Gasteiger charge is 2.12. The average molecular weight is 364 g/mol. The number of nitrogens with zero attached hydrogens (tertiary/aromatic N) is 2. The number of hydrogen-bond donors (Lipinski definition) is 3. The molecule has 0 aliphatic carbocycles. The predicted molar refractivity (Wildman–Crippen MR) is 106 cm³/mol. The molecule has 6 nitrogen and oxygen atoms in total. The van der Waals surface area contributed by atoms with Crippen LogP contribution in [0.5, 0.6) is 5.75 Å². The number of rotatable bonds is 8. The number of benzene rings is 2. The molecule has 0 fully saturated rings. The molecule has 2 aromatic carbocycles. The van der Waals surface area contributed by atoms with Crippen LogP contribution >= 0.6 is 0 Å². The molecule has 3 rings (SSSR count). The van der Waals surface area contributed by atoms with E-state index in [1.54, 1.807) is 24.3 Å². The van der Waals surface area contributed by atoms with E-state index in [4.69, 9.17) is 0 Å². The Morgan fingerprint density at radius 3 is 2.63 bits per heavy atom. The molecule has 1 aromatic heterocycles. The van der Waals surface area contributed by atoms with Crippen LogP contribution in [-0.2, 0) is 6.42 Å². The largest absolute Gasteiger partial charge is 0.507 e. The number of phenols is 1. The molecule has 0 bridgehead atoms. The molecule has 1 heterocycles. The maximum atomic E-state index is 12.3. The summed E-state index contributed by atoms with van der Waals surface area (Å²) in [5.41, 5.74) is 2.81. The molecule has 27 heavy (non-hydrogen) atoms. The number of H-pyrrole nitrogens is 1. The van der Waals surface area contributed by atoms with Gasteiger partial charge in [-0.3, -0.25) is 9.89 Å². The van der Waals surface area contributed by atoms with Gasteiger partial charge in [-0.05, 0) is 37.2 Å². The summed E-state index contributed by atoms with van der Waals surface area (Å²) in [5.74, 6) is -0.0726. The number of aromatic hydroxyl groups is 1. The van der Waals surface area contributed by atoms with Crippen LogP contribution in [-0.4, -0.2) is 52.8 Å². The number of para-hydroxylation sites is 1. The SMILES string of the molecule is CN(CCNC(=O)c1cc(-c2ccccc2O)n[nH]1)CCc1ccccc1. The van der Waals surface area contributed by atoms with Crippen molar-refractivity contribution >= 4 is 5.91 Å². The standard InChI is InChI=1S/C21H24N4O2/c1-25(13-11-16-7-3-2-4-8-16)14-12-22-21(27)19-15-18(23-24-19)17-9-5-6-10-20(17)26/h2-10,15,26H,11-14H2,1H3,(H,22,27)(H,23,24). The molecule has 0 saturated carbocycles. The van der Waals surface area contributed by atoms with Crippen LogP contribution in [0.25, 0.3) is 11.3 Å². The predicted octanol–water partition coefficient (Wildman–Crippen LogP) is 2.69. The lowest BCUT2D eigenvalue weighted by atomic mass is 10.1. The lowest BCUT2D eigenvalue weighted by Gasteiger charge is -2.16. The number of likely N-dealkylation sites (N-methyl/N-ethyl adjacent to an activating group) is 1. The second-order valence-electron chi connectivity index (χ2n) is 6.48. The molecular formula is C21H24N4O2. The van der Waals surface area contributed by atoms with Crippen LogP contribution in [0.1, 0.15) is 16.1 Å². The van der Waals surface area contributed by atoms with Crippen LogP contribution in [0.3, 0.4) is 0 Å². The van der Waals surface area contributed by atoms with Gasteiger partial charge in [0.1, 0.15) is 11.4 Å². The number of aromatic nitrogens is 2. The van der Waals surface area contributed by atoms with E-state index in [-0.39, 0.29) is 11.7 Å². The number of phenolic OH excluding ortho intramolecular Hbond substituents is 1. The van der Waals surface area contributed by atoms with E-state index in [9.17, 15) is 9.90 Å². The van der Waals surface area contributed by atoms with Gasteiger partial charge in [-0.25, -0.2) is 0 Å². The van der Waals surface area contributed by atoms with Crippen molar-refractivity contribution in [2.24, 2.45) is 0 Å². The van der Waals surface area contributed by atoms with E-state index >= 15 is 0 Å². The molecule has 3 N–H and O–H groups in total. The summed E-state index contributed by atoms with van der Waals surface area (Å²) < 4.78 is 0. The van der Waals surface area contributed by atoms with Gasteiger partial charge in [0.05, 0.1) is 5.69 Å². The fourth-order valence-electron chi connectivity index (χ4n) is 2.80. The van der Waals surface area contributed by atoms with Gasteiger partial charge in [0, 0.05) is 25.2 Å². The number of aromatic amines is 1. The van der Waals surface area contributed by atoms with E-state index in [0.29, 0.717) is 23.5 Å². The van der Waals surface area contributed by atoms with Gasteiger partial charge in [-0.15, -0.1) is 0 Å². The zero-order chi connectivity index (χ0) is 19.1. The van der Waals surface area contributed by atoms with Crippen LogP contribution in [0.15, 0.2) is 60.7 Å². The quantitative estimate of drug-likeness (QED) is 0.574. The summed E-state index contributed by atoms with van der Waals surface area (Å²) in [7, 11) is 2.04. The second kappa shape index (κ2) is 9.00. The average Bonchev–Trinajstić information content (AvgIpc) is 3.17. The van der Waals surface area contributed by atoms with Crippen molar-refractivity contribution in [3.63, 3.8) is 0 Å². The molecule has 0 radical (unpaired) electrons. The van der Waals surface area contributed by atoms with E-state index < -0.39 is 0 Å². The molecule has 0 saturated heterocycles. The van der Waals surface area contributed by atoms with Crippen molar-refractivity contribution in [1.29, 1.82) is 0 Å². The highest BCUT2D eigenvalue weighted by molar-refractivity contribution is 5.93. The molecule has 140 valence electrons. The Hall–Kier alpha value is -3.12. The summed E-state index contributed by atoms with van der Waals surface area (Å²) in [5, 5.41) is 19.6. The third-order valence-electron chi connectivity index (χ3n) is 4.41. The Morgan fingerprint density at radius 1 is 1.11 bits per heavy atom. The first-order chi connectivity index (χ1) is 13.1. The molecule has 6 heteroatoms. The molecule has 0 unspecified atom stereocenters. The minimum absolute atomic E-state index is 0.135. The number of hydrogen-bond acceptors (Lipinski definition) is 4. The first-order valence-corrected chi connectivity index (χ1v) is 8.98. The van der Waals surface area contributed by atoms with Crippen molar-refractivity contribution in [3.8, 4) is 17.0 Å². The smallest absolute Gasteiger partial charge is 0.269 e. The maximum Gasteiger partial charge on any atom is 0.269 e. The molecule has 0 aliphatic heterocycles. The highest BCUT2D eigenvalue weighted by Crippen LogP contribution is 2.27. The monoisotopic (exact) mass is 364 g/mol. The molecule has 3 aromatic rings. The Balaban J connectivity index is 1.45. The summed E-state index contributed by atoms with van der Waals surface area (Å²) in [4.78, 5) is 14.5. The Morgan fingerprint density at radius 2 is 1.85 bits per heavy atom. The van der Waals surface area contributed by atoms with E-state index in [1.165, 1.54) is 5.56 Å². The van der Waals surface area contributed by atoms with Crippen molar-refractivity contribution in [3.05, 3.63) is 71.9 Å². The van der Waals surface area contributed by atoms with Crippen LogP contribution in [0, 0.1) is 0 Å². The lowest BCUT2D eigenvalue weighted by molar-refractivity contribution is 0.0945. The zero-order valence-corrected chi connectivity index (χ0v) is 15.4. The van der Waals surface area contributed by atoms with Crippen molar-refractivity contribution in [2.75, 3.05) is 26.7 Å². The second-order valence-corrected chi connectivity index (χ2v) is 6.48. The van der Waals surface area contributed by atoms with Gasteiger partial charge in [0.15, 0.2) is 0 Å². The summed E-state index contributed by atoms with van der Waals surface area (Å²) in [6.07, 6.45) is 0.982. The topological polar surface area (TPSA) is 81.2 Å². The number of carbonyl (C=O) groups is 1. The van der Waals surface area contributed by atoms with E-state index in [1.807, 2.05) is 31.3 Å². The number of carbonyl (C=O) groups excluding carboxylic acids is 1. The maximum absolute atomic E-state index is 12.3. The van der Waals surface area contributed by atoms with E-state index in [2.05, 4.69) is 32.5 Å².